The highest BCUT2D eigenvalue weighted by Gasteiger charge is 2.20. The molecule has 1 rings (SSSR count). The topological polar surface area (TPSA) is 59.6 Å². The first-order valence-electron chi connectivity index (χ1n) is 4.47. The fourth-order valence-electron chi connectivity index (χ4n) is 0.965. The first-order chi connectivity index (χ1) is 6.37. The summed E-state index contributed by atoms with van der Waals surface area (Å²) in [5.74, 6) is 0.728. The van der Waals surface area contributed by atoms with Crippen molar-refractivity contribution in [3.8, 4) is 0 Å². The summed E-state index contributed by atoms with van der Waals surface area (Å²) in [6.07, 6.45) is 0.971. The molecule has 5 nitrogen and oxygen atoms in total. The van der Waals surface area contributed by atoms with Crippen LogP contribution in [0.2, 0.25) is 0 Å². The first kappa shape index (κ1) is 10.8. The van der Waals surface area contributed by atoms with Crippen LogP contribution in [0.3, 0.4) is 0 Å². The molecular formula is C9H16N2O3. The van der Waals surface area contributed by atoms with Crippen molar-refractivity contribution in [3.63, 3.8) is 0 Å². The van der Waals surface area contributed by atoms with Gasteiger partial charge in [0.2, 0.25) is 0 Å². The van der Waals surface area contributed by atoms with Crippen LogP contribution in [0.15, 0.2) is 11.8 Å². The average molecular weight is 200 g/mol. The number of amides is 1. The van der Waals surface area contributed by atoms with Gasteiger partial charge in [-0.25, -0.2) is 4.79 Å². The number of nitrogens with one attached hydrogen (secondary N) is 2. The van der Waals surface area contributed by atoms with Crippen LogP contribution in [-0.4, -0.2) is 17.9 Å². The quantitative estimate of drug-likeness (QED) is 0.669. The molecule has 80 valence electrons. The maximum atomic E-state index is 11.3. The summed E-state index contributed by atoms with van der Waals surface area (Å²) in [5, 5.41) is 2.59. The molecule has 1 aliphatic heterocycles. The number of hydrogen-bond donors (Lipinski definition) is 2. The van der Waals surface area contributed by atoms with Crippen LogP contribution < -0.4 is 10.8 Å². The maximum absolute atomic E-state index is 11.3. The second-order valence-corrected chi connectivity index (χ2v) is 4.12. The lowest BCUT2D eigenvalue weighted by molar-refractivity contribution is 0.0439. The van der Waals surface area contributed by atoms with E-state index < -0.39 is 11.7 Å². The third kappa shape index (κ3) is 3.66. The van der Waals surface area contributed by atoms with Crippen LogP contribution in [0.5, 0.6) is 0 Å². The molecule has 0 aromatic carbocycles. The van der Waals surface area contributed by atoms with Crippen LogP contribution in [-0.2, 0) is 9.57 Å². The highest BCUT2D eigenvalue weighted by Crippen LogP contribution is 2.08. The van der Waals surface area contributed by atoms with E-state index in [4.69, 9.17) is 9.57 Å². The molecule has 0 aromatic rings. The van der Waals surface area contributed by atoms with Gasteiger partial charge in [-0.3, -0.25) is 5.32 Å². The van der Waals surface area contributed by atoms with Crippen LogP contribution in [0.25, 0.3) is 0 Å². The fourth-order valence-corrected chi connectivity index (χ4v) is 0.965. The molecule has 2 N–H and O–H groups in total. The molecule has 14 heavy (non-hydrogen) atoms. The monoisotopic (exact) mass is 200 g/mol. The predicted molar refractivity (Wildman–Crippen MR) is 51.1 cm³/mol. The molecule has 0 bridgehead atoms. The molecule has 5 heteroatoms. The van der Waals surface area contributed by atoms with Gasteiger partial charge in [0.25, 0.3) is 0 Å². The van der Waals surface area contributed by atoms with Crippen molar-refractivity contribution in [3.05, 3.63) is 11.8 Å². The van der Waals surface area contributed by atoms with Crippen molar-refractivity contribution in [2.75, 3.05) is 0 Å². The summed E-state index contributed by atoms with van der Waals surface area (Å²) < 4.78 is 5.06. The Bertz CT molecular complexity index is 255. The van der Waals surface area contributed by atoms with Crippen molar-refractivity contribution in [1.29, 1.82) is 0 Å². The Hall–Kier alpha value is -1.23. The molecule has 1 aliphatic rings. The SMILES string of the molecule is CC1=CC(NC(=O)OC(C)(C)C)NO1. The van der Waals surface area contributed by atoms with Crippen LogP contribution >= 0.6 is 0 Å². The molecular weight excluding hydrogens is 184 g/mol. The van der Waals surface area contributed by atoms with E-state index in [0.717, 1.165) is 5.76 Å². The number of carbonyl (C=O) groups excluding carboxylic acids is 1. The Morgan fingerprint density at radius 1 is 1.64 bits per heavy atom. The Morgan fingerprint density at radius 3 is 2.71 bits per heavy atom. The van der Waals surface area contributed by atoms with E-state index in [1.165, 1.54) is 0 Å². The zero-order chi connectivity index (χ0) is 10.8. The number of alkyl carbamates (subject to hydrolysis) is 1. The number of carbonyl (C=O) groups is 1. The van der Waals surface area contributed by atoms with Crippen LogP contribution in [0, 0.1) is 0 Å². The van der Waals surface area contributed by atoms with Crippen molar-refractivity contribution in [2.45, 2.75) is 39.5 Å². The van der Waals surface area contributed by atoms with Crippen molar-refractivity contribution >= 4 is 6.09 Å². The number of ether oxygens (including phenoxy) is 1. The number of rotatable bonds is 1. The van der Waals surface area contributed by atoms with Gasteiger partial charge in [-0.05, 0) is 33.8 Å². The number of allylic oxidation sites excluding steroid dienone is 1. The fraction of sp³-hybridized carbons (Fsp3) is 0.667. The zero-order valence-corrected chi connectivity index (χ0v) is 8.88. The average Bonchev–Trinajstić information content (AvgIpc) is 2.30. The molecule has 1 unspecified atom stereocenters. The van der Waals surface area contributed by atoms with Gasteiger partial charge in [0.15, 0.2) is 0 Å². The van der Waals surface area contributed by atoms with E-state index in [1.807, 2.05) is 20.8 Å². The molecule has 0 saturated carbocycles. The van der Waals surface area contributed by atoms with Gasteiger partial charge in [-0.15, -0.1) is 5.48 Å². The lowest BCUT2D eigenvalue weighted by Gasteiger charge is -2.20. The normalized spacial score (nSPS) is 21.1. The van der Waals surface area contributed by atoms with Crippen molar-refractivity contribution < 1.29 is 14.4 Å². The summed E-state index contributed by atoms with van der Waals surface area (Å²) in [6, 6.07) is 0. The second-order valence-electron chi connectivity index (χ2n) is 4.12. The molecule has 1 atom stereocenters. The molecule has 0 saturated heterocycles. The highest BCUT2D eigenvalue weighted by molar-refractivity contribution is 5.68. The standard InChI is InChI=1S/C9H16N2O3/c1-6-5-7(11-14-6)10-8(12)13-9(2,3)4/h5,7,11H,1-4H3,(H,10,12). The van der Waals surface area contributed by atoms with E-state index in [1.54, 1.807) is 13.0 Å². The van der Waals surface area contributed by atoms with Gasteiger partial charge < -0.3 is 9.57 Å². The van der Waals surface area contributed by atoms with Crippen molar-refractivity contribution in [2.24, 2.45) is 0 Å². The maximum Gasteiger partial charge on any atom is 0.409 e. The molecule has 0 aliphatic carbocycles. The smallest absolute Gasteiger partial charge is 0.409 e. The molecule has 0 spiro atoms. The van der Waals surface area contributed by atoms with Gasteiger partial charge in [-0.2, -0.15) is 0 Å². The number of hydrogen-bond acceptors (Lipinski definition) is 4. The van der Waals surface area contributed by atoms with Gasteiger partial charge in [0, 0.05) is 0 Å². The minimum Gasteiger partial charge on any atom is -0.444 e. The van der Waals surface area contributed by atoms with Gasteiger partial charge in [0.1, 0.15) is 17.5 Å². The molecule has 0 fully saturated rings. The molecule has 0 aromatic heterocycles. The Morgan fingerprint density at radius 2 is 2.29 bits per heavy atom. The lowest BCUT2D eigenvalue weighted by Crippen LogP contribution is -2.43. The highest BCUT2D eigenvalue weighted by atomic mass is 16.7. The first-order valence-corrected chi connectivity index (χ1v) is 4.47. The molecule has 1 amide bonds. The van der Waals surface area contributed by atoms with E-state index >= 15 is 0 Å². The minimum absolute atomic E-state index is 0.315. The largest absolute Gasteiger partial charge is 0.444 e. The van der Waals surface area contributed by atoms with Crippen molar-refractivity contribution in [1.82, 2.24) is 10.8 Å². The summed E-state index contributed by atoms with van der Waals surface area (Å²) in [5.41, 5.74) is 2.13. The Kier molecular flexibility index (Phi) is 3.00. The van der Waals surface area contributed by atoms with E-state index in [2.05, 4.69) is 10.8 Å². The van der Waals surface area contributed by atoms with E-state index in [-0.39, 0.29) is 6.17 Å². The van der Waals surface area contributed by atoms with Gasteiger partial charge in [-0.1, -0.05) is 0 Å². The molecule has 0 radical (unpaired) electrons. The third-order valence-electron chi connectivity index (χ3n) is 1.42. The zero-order valence-electron chi connectivity index (χ0n) is 8.88. The number of hydroxylamine groups is 1. The third-order valence-corrected chi connectivity index (χ3v) is 1.42. The van der Waals surface area contributed by atoms with Gasteiger partial charge >= 0.3 is 6.09 Å². The predicted octanol–water partition coefficient (Wildman–Crippen LogP) is 1.28. The van der Waals surface area contributed by atoms with Gasteiger partial charge in [0.05, 0.1) is 0 Å². The van der Waals surface area contributed by atoms with Crippen LogP contribution in [0.4, 0.5) is 4.79 Å². The van der Waals surface area contributed by atoms with E-state index in [9.17, 15) is 4.79 Å². The summed E-state index contributed by atoms with van der Waals surface area (Å²) in [7, 11) is 0. The Balaban J connectivity index is 2.35. The minimum atomic E-state index is -0.484. The summed E-state index contributed by atoms with van der Waals surface area (Å²) in [4.78, 5) is 16.2. The van der Waals surface area contributed by atoms with E-state index in [0.29, 0.717) is 0 Å². The summed E-state index contributed by atoms with van der Waals surface area (Å²) >= 11 is 0. The van der Waals surface area contributed by atoms with Crippen LogP contribution in [0.1, 0.15) is 27.7 Å². The molecule has 1 heterocycles. The Labute approximate surface area is 83.4 Å². The second kappa shape index (κ2) is 3.88. The summed E-state index contributed by atoms with van der Waals surface area (Å²) in [6.45, 7) is 7.23. The lowest BCUT2D eigenvalue weighted by atomic mass is 10.2.